The third-order valence-electron chi connectivity index (χ3n) is 5.06. The van der Waals surface area contributed by atoms with Crippen LogP contribution in [0.1, 0.15) is 31.5 Å². The molecule has 2 aromatic heterocycles. The maximum absolute atomic E-state index is 13.2. The highest BCUT2D eigenvalue weighted by Gasteiger charge is 2.29. The van der Waals surface area contributed by atoms with Gasteiger partial charge in [0.05, 0.1) is 4.47 Å². The van der Waals surface area contributed by atoms with E-state index in [9.17, 15) is 9.18 Å². The molecule has 1 amide bonds. The van der Waals surface area contributed by atoms with E-state index in [1.807, 2.05) is 33.7 Å². The summed E-state index contributed by atoms with van der Waals surface area (Å²) in [6, 6.07) is 9.99. The van der Waals surface area contributed by atoms with Crippen LogP contribution in [-0.4, -0.2) is 44.6 Å². The Morgan fingerprint density at radius 2 is 2.04 bits per heavy atom. The number of carbonyl (C=O) groups is 1. The van der Waals surface area contributed by atoms with E-state index in [1.165, 1.54) is 18.2 Å². The lowest BCUT2D eigenvalue weighted by molar-refractivity contribution is -0.139. The molecule has 8 heteroatoms. The number of ether oxygens (including phenoxy) is 1. The summed E-state index contributed by atoms with van der Waals surface area (Å²) in [5.41, 5.74) is 0.836. The quantitative estimate of drug-likeness (QED) is 0.611. The molecule has 0 N–H and O–H groups in total. The van der Waals surface area contributed by atoms with Gasteiger partial charge in [-0.15, -0.1) is 10.2 Å². The number of hydrogen-bond donors (Lipinski definition) is 0. The summed E-state index contributed by atoms with van der Waals surface area (Å²) in [7, 11) is 0. The Kier molecular flexibility index (Phi) is 5.30. The normalized spacial score (nSPS) is 16.3. The standard InChI is InChI=1S/C20H20BrFN4O2/c1-13(28-17-6-5-15(22)12-16(17)21)20(27)25-10-7-14(8-11-25)19-24-23-18-4-2-3-9-26(18)19/h2-6,9,12-14H,7-8,10-11H2,1H3/t13-/m1/s1. The predicted octanol–water partition coefficient (Wildman–Crippen LogP) is 3.80. The minimum absolute atomic E-state index is 0.0687. The highest BCUT2D eigenvalue weighted by atomic mass is 79.9. The van der Waals surface area contributed by atoms with E-state index in [-0.39, 0.29) is 17.6 Å². The number of halogens is 2. The molecule has 6 nitrogen and oxygen atoms in total. The Balaban J connectivity index is 1.38. The van der Waals surface area contributed by atoms with Crippen LogP contribution in [-0.2, 0) is 4.79 Å². The largest absolute Gasteiger partial charge is 0.480 e. The number of nitrogens with zero attached hydrogens (tertiary/aromatic N) is 4. The van der Waals surface area contributed by atoms with E-state index >= 15 is 0 Å². The first-order valence-corrected chi connectivity index (χ1v) is 10.0. The van der Waals surface area contributed by atoms with Crippen LogP contribution in [0.3, 0.4) is 0 Å². The summed E-state index contributed by atoms with van der Waals surface area (Å²) < 4.78 is 21.5. The number of carbonyl (C=O) groups excluding carboxylic acids is 1. The van der Waals surface area contributed by atoms with Crippen LogP contribution in [0.2, 0.25) is 0 Å². The fourth-order valence-electron chi connectivity index (χ4n) is 3.57. The van der Waals surface area contributed by atoms with Crippen molar-refractivity contribution in [1.82, 2.24) is 19.5 Å². The monoisotopic (exact) mass is 446 g/mol. The third-order valence-corrected chi connectivity index (χ3v) is 5.68. The van der Waals surface area contributed by atoms with Crippen LogP contribution in [0, 0.1) is 5.82 Å². The summed E-state index contributed by atoms with van der Waals surface area (Å²) in [6.07, 6.45) is 2.98. The first-order valence-electron chi connectivity index (χ1n) is 9.23. The molecule has 3 heterocycles. The maximum atomic E-state index is 13.2. The lowest BCUT2D eigenvalue weighted by atomic mass is 9.95. The van der Waals surface area contributed by atoms with Crippen LogP contribution in [0.15, 0.2) is 47.1 Å². The van der Waals surface area contributed by atoms with Crippen molar-refractivity contribution >= 4 is 27.5 Å². The second-order valence-corrected chi connectivity index (χ2v) is 7.78. The molecule has 0 unspecified atom stereocenters. The van der Waals surface area contributed by atoms with Gasteiger partial charge in [-0.25, -0.2) is 4.39 Å². The average molecular weight is 447 g/mol. The van der Waals surface area contributed by atoms with Crippen molar-refractivity contribution < 1.29 is 13.9 Å². The highest BCUT2D eigenvalue weighted by Crippen LogP contribution is 2.29. The molecular weight excluding hydrogens is 427 g/mol. The van der Waals surface area contributed by atoms with Crippen LogP contribution < -0.4 is 4.74 Å². The van der Waals surface area contributed by atoms with Gasteiger partial charge < -0.3 is 9.64 Å². The Bertz CT molecular complexity index is 1000. The number of piperidine rings is 1. The number of amides is 1. The van der Waals surface area contributed by atoms with Gasteiger partial charge in [0, 0.05) is 25.2 Å². The molecule has 1 aliphatic rings. The summed E-state index contributed by atoms with van der Waals surface area (Å²) in [6.45, 7) is 3.00. The second kappa shape index (κ2) is 7.87. The van der Waals surface area contributed by atoms with Gasteiger partial charge in [0.25, 0.3) is 5.91 Å². The van der Waals surface area contributed by atoms with Crippen molar-refractivity contribution in [2.45, 2.75) is 31.8 Å². The molecule has 1 fully saturated rings. The van der Waals surface area contributed by atoms with Crippen molar-refractivity contribution in [3.05, 3.63) is 58.7 Å². The minimum atomic E-state index is -0.646. The van der Waals surface area contributed by atoms with E-state index in [4.69, 9.17) is 4.74 Å². The van der Waals surface area contributed by atoms with Crippen molar-refractivity contribution in [2.75, 3.05) is 13.1 Å². The molecule has 1 aliphatic heterocycles. The number of fused-ring (bicyclic) bond motifs is 1. The van der Waals surface area contributed by atoms with Crippen molar-refractivity contribution in [3.63, 3.8) is 0 Å². The lowest BCUT2D eigenvalue weighted by Crippen LogP contribution is -2.44. The van der Waals surface area contributed by atoms with Gasteiger partial charge in [0.15, 0.2) is 11.8 Å². The van der Waals surface area contributed by atoms with Crippen LogP contribution in [0.5, 0.6) is 5.75 Å². The Morgan fingerprint density at radius 3 is 2.79 bits per heavy atom. The summed E-state index contributed by atoms with van der Waals surface area (Å²) in [4.78, 5) is 14.6. The molecule has 146 valence electrons. The van der Waals surface area contributed by atoms with Gasteiger partial charge in [-0.3, -0.25) is 9.20 Å². The molecule has 0 aliphatic carbocycles. The number of aromatic nitrogens is 3. The molecule has 0 saturated carbocycles. The lowest BCUT2D eigenvalue weighted by Gasteiger charge is -2.33. The third kappa shape index (κ3) is 3.73. The smallest absolute Gasteiger partial charge is 0.263 e. The van der Waals surface area contributed by atoms with Gasteiger partial charge >= 0.3 is 0 Å². The molecule has 4 rings (SSSR count). The second-order valence-electron chi connectivity index (χ2n) is 6.92. The van der Waals surface area contributed by atoms with E-state index < -0.39 is 6.10 Å². The average Bonchev–Trinajstić information content (AvgIpc) is 3.14. The van der Waals surface area contributed by atoms with E-state index in [2.05, 4.69) is 26.1 Å². The molecule has 0 bridgehead atoms. The first kappa shape index (κ1) is 18.9. The number of benzene rings is 1. The summed E-state index contributed by atoms with van der Waals surface area (Å²) in [5, 5.41) is 8.56. The number of likely N-dealkylation sites (tertiary alicyclic amines) is 1. The SMILES string of the molecule is C[C@@H](Oc1ccc(F)cc1Br)C(=O)N1CCC(c2nnc3ccccn23)CC1. The van der Waals surface area contributed by atoms with E-state index in [1.54, 1.807) is 6.92 Å². The van der Waals surface area contributed by atoms with Gasteiger partial charge in [-0.05, 0) is 66.0 Å². The zero-order valence-corrected chi connectivity index (χ0v) is 17.0. The van der Waals surface area contributed by atoms with Gasteiger partial charge in [0.1, 0.15) is 17.4 Å². The Hall–Kier alpha value is -2.48. The van der Waals surface area contributed by atoms with Crippen molar-refractivity contribution in [1.29, 1.82) is 0 Å². The molecule has 1 atom stereocenters. The molecule has 0 radical (unpaired) electrons. The fourth-order valence-corrected chi connectivity index (χ4v) is 4.01. The zero-order valence-electron chi connectivity index (χ0n) is 15.4. The van der Waals surface area contributed by atoms with Crippen LogP contribution in [0.4, 0.5) is 4.39 Å². The molecule has 3 aromatic rings. The van der Waals surface area contributed by atoms with Gasteiger partial charge in [-0.2, -0.15) is 0 Å². The summed E-state index contributed by atoms with van der Waals surface area (Å²) in [5.74, 6) is 1.24. The zero-order chi connectivity index (χ0) is 19.7. The van der Waals surface area contributed by atoms with E-state index in [0.29, 0.717) is 23.3 Å². The van der Waals surface area contributed by atoms with Gasteiger partial charge in [0.2, 0.25) is 0 Å². The number of pyridine rings is 1. The predicted molar refractivity (Wildman–Crippen MR) is 106 cm³/mol. The minimum Gasteiger partial charge on any atom is -0.480 e. The van der Waals surface area contributed by atoms with Crippen molar-refractivity contribution in [3.8, 4) is 5.75 Å². The van der Waals surface area contributed by atoms with E-state index in [0.717, 1.165) is 24.3 Å². The van der Waals surface area contributed by atoms with Crippen LogP contribution in [0.25, 0.3) is 5.65 Å². The van der Waals surface area contributed by atoms with Crippen molar-refractivity contribution in [2.24, 2.45) is 0 Å². The number of rotatable bonds is 4. The van der Waals surface area contributed by atoms with Crippen LogP contribution >= 0.6 is 15.9 Å². The molecule has 1 saturated heterocycles. The Morgan fingerprint density at radius 1 is 1.25 bits per heavy atom. The highest BCUT2D eigenvalue weighted by molar-refractivity contribution is 9.10. The number of hydrogen-bond acceptors (Lipinski definition) is 4. The van der Waals surface area contributed by atoms with Gasteiger partial charge in [-0.1, -0.05) is 6.07 Å². The summed E-state index contributed by atoms with van der Waals surface area (Å²) >= 11 is 3.27. The maximum Gasteiger partial charge on any atom is 0.263 e. The molecule has 0 spiro atoms. The molecule has 28 heavy (non-hydrogen) atoms. The molecular formula is C20H20BrFN4O2. The Labute approximate surface area is 170 Å². The fraction of sp³-hybridized carbons (Fsp3) is 0.350. The topological polar surface area (TPSA) is 59.7 Å². The first-order chi connectivity index (χ1) is 13.5. The molecule has 1 aromatic carbocycles.